The molecular weight excluding hydrogens is 360 g/mol. The summed E-state index contributed by atoms with van der Waals surface area (Å²) in [5.41, 5.74) is 20.7. The van der Waals surface area contributed by atoms with Crippen LogP contribution >= 0.6 is 0 Å². The van der Waals surface area contributed by atoms with Crippen LogP contribution < -0.4 is 17.2 Å². The van der Waals surface area contributed by atoms with Crippen molar-refractivity contribution < 1.29 is 0 Å². The molecule has 5 aliphatic rings. The number of fused-ring (bicyclic) bond motifs is 4. The fourth-order valence-electron chi connectivity index (χ4n) is 8.68. The van der Waals surface area contributed by atoms with Crippen LogP contribution in [0.25, 0.3) is 0 Å². The Morgan fingerprint density at radius 3 is 2.34 bits per heavy atom. The smallest absolute Gasteiger partial charge is 0.0380 e. The fraction of sp³-hybridized carbons (Fsp3) is 1.00. The molecule has 5 heterocycles. The molecular formula is C23H44N6. The molecule has 0 amide bonds. The molecule has 29 heavy (non-hydrogen) atoms. The van der Waals surface area contributed by atoms with Crippen LogP contribution in [0.1, 0.15) is 58.3 Å². The van der Waals surface area contributed by atoms with Gasteiger partial charge >= 0.3 is 0 Å². The molecule has 0 spiro atoms. The van der Waals surface area contributed by atoms with Gasteiger partial charge in [0.1, 0.15) is 0 Å². The number of nitrogens with zero attached hydrogens (tertiary/aromatic N) is 3. The van der Waals surface area contributed by atoms with Crippen LogP contribution in [-0.4, -0.2) is 89.7 Å². The number of likely N-dealkylation sites (N-methyl/N-ethyl adjacent to an activating group) is 2. The van der Waals surface area contributed by atoms with Crippen LogP contribution in [0.15, 0.2) is 0 Å². The standard InChI is InChI=1S/C23H44N6/c1-22(26)9-10-27(2)19(13-22)23-8-7-18(29(23)4)21(16(25)12-23)20-15(24)11-14-5-6-17(20)28(14)3/h14-21H,5-13,24-26H2,1-4H3/t14-,15+,16+,17+,18-,19?,20?,21?,22?,23+/m0/s1. The molecule has 0 aromatic rings. The molecule has 10 atom stereocenters. The second-order valence-electron chi connectivity index (χ2n) is 11.8. The Kier molecular flexibility index (Phi) is 4.90. The van der Waals surface area contributed by atoms with E-state index >= 15 is 0 Å². The molecule has 4 bridgehead atoms. The highest BCUT2D eigenvalue weighted by molar-refractivity contribution is 5.19. The van der Waals surface area contributed by atoms with Crippen molar-refractivity contribution in [2.75, 3.05) is 27.7 Å². The van der Waals surface area contributed by atoms with Crippen molar-refractivity contribution in [3.05, 3.63) is 0 Å². The summed E-state index contributed by atoms with van der Waals surface area (Å²) in [5, 5.41) is 0. The molecule has 6 heteroatoms. The normalized spacial score (nSPS) is 56.8. The van der Waals surface area contributed by atoms with E-state index in [0.29, 0.717) is 42.0 Å². The lowest BCUT2D eigenvalue weighted by Crippen LogP contribution is -2.71. The Hall–Kier alpha value is -0.240. The fourth-order valence-corrected chi connectivity index (χ4v) is 8.68. The van der Waals surface area contributed by atoms with Crippen molar-refractivity contribution in [1.82, 2.24) is 14.7 Å². The summed E-state index contributed by atoms with van der Waals surface area (Å²) < 4.78 is 0. The summed E-state index contributed by atoms with van der Waals surface area (Å²) in [6, 6.07) is 2.97. The number of nitrogens with two attached hydrogens (primary N) is 3. The molecule has 5 saturated heterocycles. The Bertz CT molecular complexity index is 639. The third-order valence-electron chi connectivity index (χ3n) is 10.3. The highest BCUT2D eigenvalue weighted by Crippen LogP contribution is 2.54. The van der Waals surface area contributed by atoms with Crippen molar-refractivity contribution in [2.24, 2.45) is 29.0 Å². The molecule has 0 aliphatic carbocycles. The first-order valence-corrected chi connectivity index (χ1v) is 12.1. The highest BCUT2D eigenvalue weighted by Gasteiger charge is 2.62. The highest BCUT2D eigenvalue weighted by atomic mass is 15.3. The van der Waals surface area contributed by atoms with Gasteiger partial charge in [-0.1, -0.05) is 0 Å². The predicted molar refractivity (Wildman–Crippen MR) is 118 cm³/mol. The minimum absolute atomic E-state index is 0.0565. The van der Waals surface area contributed by atoms with Gasteiger partial charge in [0.25, 0.3) is 0 Å². The molecule has 6 N–H and O–H groups in total. The van der Waals surface area contributed by atoms with Crippen LogP contribution in [0.5, 0.6) is 0 Å². The van der Waals surface area contributed by atoms with Gasteiger partial charge in [0.2, 0.25) is 0 Å². The van der Waals surface area contributed by atoms with E-state index in [4.69, 9.17) is 17.2 Å². The summed E-state index contributed by atoms with van der Waals surface area (Å²) in [4.78, 5) is 7.99. The third-order valence-corrected chi connectivity index (χ3v) is 10.3. The van der Waals surface area contributed by atoms with E-state index in [1.54, 1.807) is 0 Å². The van der Waals surface area contributed by atoms with Gasteiger partial charge in [-0.2, -0.15) is 0 Å². The van der Waals surface area contributed by atoms with E-state index in [9.17, 15) is 0 Å². The molecule has 6 nitrogen and oxygen atoms in total. The number of rotatable bonds is 2. The first-order chi connectivity index (χ1) is 13.6. The summed E-state index contributed by atoms with van der Waals surface area (Å²) in [6.45, 7) is 3.34. The average Bonchev–Trinajstić information content (AvgIpc) is 3.02. The molecule has 5 aliphatic heterocycles. The van der Waals surface area contributed by atoms with Gasteiger partial charge in [0.05, 0.1) is 0 Å². The number of likely N-dealkylation sites (tertiary alicyclic amines) is 1. The molecule has 0 aromatic heterocycles. The Morgan fingerprint density at radius 2 is 1.59 bits per heavy atom. The van der Waals surface area contributed by atoms with Gasteiger partial charge in [-0.15, -0.1) is 0 Å². The zero-order chi connectivity index (χ0) is 20.7. The van der Waals surface area contributed by atoms with Crippen molar-refractivity contribution in [2.45, 2.75) is 106 Å². The zero-order valence-electron chi connectivity index (χ0n) is 19.1. The topological polar surface area (TPSA) is 87.8 Å². The quantitative estimate of drug-likeness (QED) is 0.631. The summed E-state index contributed by atoms with van der Waals surface area (Å²) in [7, 11) is 7.03. The van der Waals surface area contributed by atoms with Crippen LogP contribution in [0.2, 0.25) is 0 Å². The van der Waals surface area contributed by atoms with E-state index in [1.807, 2.05) is 0 Å². The Balaban J connectivity index is 1.44. The van der Waals surface area contributed by atoms with Crippen LogP contribution in [0, 0.1) is 11.8 Å². The maximum atomic E-state index is 7.09. The summed E-state index contributed by atoms with van der Waals surface area (Å²) in [5.74, 6) is 1.07. The molecule has 166 valence electrons. The van der Waals surface area contributed by atoms with E-state index in [-0.39, 0.29) is 17.1 Å². The number of piperidine rings is 3. The van der Waals surface area contributed by atoms with Crippen LogP contribution in [0.4, 0.5) is 0 Å². The van der Waals surface area contributed by atoms with Gasteiger partial charge < -0.3 is 27.0 Å². The van der Waals surface area contributed by atoms with Gasteiger partial charge in [-0.3, -0.25) is 4.90 Å². The second kappa shape index (κ2) is 6.88. The molecule has 0 saturated carbocycles. The largest absolute Gasteiger partial charge is 0.327 e. The van der Waals surface area contributed by atoms with Gasteiger partial charge in [-0.25, -0.2) is 0 Å². The summed E-state index contributed by atoms with van der Waals surface area (Å²) >= 11 is 0. The minimum atomic E-state index is -0.0565. The van der Waals surface area contributed by atoms with Gasteiger partial charge in [0, 0.05) is 47.3 Å². The molecule has 0 radical (unpaired) electrons. The predicted octanol–water partition coefficient (Wildman–Crippen LogP) is 0.788. The lowest BCUT2D eigenvalue weighted by Gasteiger charge is -2.59. The van der Waals surface area contributed by atoms with Gasteiger partial charge in [-0.05, 0) is 97.8 Å². The van der Waals surface area contributed by atoms with Crippen molar-refractivity contribution in [1.29, 1.82) is 0 Å². The number of hydrogen-bond acceptors (Lipinski definition) is 6. The van der Waals surface area contributed by atoms with E-state index in [0.717, 1.165) is 32.2 Å². The molecule has 5 rings (SSSR count). The van der Waals surface area contributed by atoms with E-state index < -0.39 is 0 Å². The average molecular weight is 405 g/mol. The second-order valence-corrected chi connectivity index (χ2v) is 11.8. The van der Waals surface area contributed by atoms with Crippen LogP contribution in [0.3, 0.4) is 0 Å². The lowest BCUT2D eigenvalue weighted by atomic mass is 9.65. The van der Waals surface area contributed by atoms with Gasteiger partial charge in [0.15, 0.2) is 0 Å². The minimum Gasteiger partial charge on any atom is -0.327 e. The first kappa shape index (κ1) is 20.7. The zero-order valence-corrected chi connectivity index (χ0v) is 19.1. The summed E-state index contributed by atoms with van der Waals surface area (Å²) in [6.07, 6.45) is 9.56. The monoisotopic (exact) mass is 404 g/mol. The molecule has 5 fully saturated rings. The molecule has 0 aromatic carbocycles. The van der Waals surface area contributed by atoms with Crippen molar-refractivity contribution in [3.8, 4) is 0 Å². The van der Waals surface area contributed by atoms with Crippen molar-refractivity contribution >= 4 is 0 Å². The first-order valence-electron chi connectivity index (χ1n) is 12.1. The lowest BCUT2D eigenvalue weighted by molar-refractivity contribution is -0.0745. The third kappa shape index (κ3) is 2.97. The van der Waals surface area contributed by atoms with Crippen molar-refractivity contribution in [3.63, 3.8) is 0 Å². The van der Waals surface area contributed by atoms with E-state index in [1.165, 1.54) is 25.7 Å². The maximum Gasteiger partial charge on any atom is 0.0380 e. The van der Waals surface area contributed by atoms with E-state index in [2.05, 4.69) is 42.8 Å². The SMILES string of the molecule is CN1CCC(C)(N)CC1[C@@]12CC[C@@H](C(C3[C@H](N)C[C@@H]4CC[C@H]3N4C)[C@H](N)C1)N2C. The molecule has 4 unspecified atom stereocenters. The Morgan fingerprint density at radius 1 is 0.862 bits per heavy atom. The Labute approximate surface area is 177 Å². The van der Waals surface area contributed by atoms with Crippen LogP contribution in [-0.2, 0) is 0 Å². The maximum absolute atomic E-state index is 7.09. The number of hydrogen-bond donors (Lipinski definition) is 3.